The van der Waals surface area contributed by atoms with E-state index in [1.54, 1.807) is 10.9 Å². The number of hydrogen-bond acceptors (Lipinski definition) is 5. The number of aliphatic hydroxyl groups is 1. The number of nitrogens with one attached hydrogen (secondary N) is 1. The first-order valence-electron chi connectivity index (χ1n) is 8.77. The molecule has 1 aliphatic rings. The number of imidazole rings is 1. The van der Waals surface area contributed by atoms with Gasteiger partial charge in [-0.1, -0.05) is 0 Å². The predicted octanol–water partition coefficient (Wildman–Crippen LogP) is 0.771. The minimum absolute atomic E-state index is 0.122. The molecular weight excluding hydrogens is 332 g/mol. The molecule has 3 heterocycles. The zero-order valence-corrected chi connectivity index (χ0v) is 14.7. The van der Waals surface area contributed by atoms with Gasteiger partial charge in [0.15, 0.2) is 0 Å². The SMILES string of the molecule is Cn1c(N2CC[C@H](O)C2)nc2cc(C(=O)NCCn3cccn3)ccc21. The maximum Gasteiger partial charge on any atom is 0.251 e. The Morgan fingerprint density at radius 1 is 1.42 bits per heavy atom. The van der Waals surface area contributed by atoms with Gasteiger partial charge in [-0.3, -0.25) is 9.48 Å². The molecule has 0 unspecified atom stereocenters. The number of aryl methyl sites for hydroxylation is 1. The first kappa shape index (κ1) is 16.6. The van der Waals surface area contributed by atoms with Gasteiger partial charge >= 0.3 is 0 Å². The third-order valence-electron chi connectivity index (χ3n) is 4.75. The third-order valence-corrected chi connectivity index (χ3v) is 4.75. The van der Waals surface area contributed by atoms with Crippen LogP contribution < -0.4 is 10.2 Å². The summed E-state index contributed by atoms with van der Waals surface area (Å²) in [5, 5.41) is 16.8. The summed E-state index contributed by atoms with van der Waals surface area (Å²) in [6.45, 7) is 2.53. The number of aromatic nitrogens is 4. The van der Waals surface area contributed by atoms with Gasteiger partial charge in [0.25, 0.3) is 5.91 Å². The van der Waals surface area contributed by atoms with Crippen LogP contribution in [0.1, 0.15) is 16.8 Å². The van der Waals surface area contributed by atoms with Crippen molar-refractivity contribution in [1.29, 1.82) is 0 Å². The van der Waals surface area contributed by atoms with Crippen molar-refractivity contribution < 1.29 is 9.90 Å². The minimum Gasteiger partial charge on any atom is -0.391 e. The highest BCUT2D eigenvalue weighted by Crippen LogP contribution is 2.25. The van der Waals surface area contributed by atoms with Crippen LogP contribution in [-0.2, 0) is 13.6 Å². The normalized spacial score (nSPS) is 17.2. The fourth-order valence-corrected chi connectivity index (χ4v) is 3.35. The zero-order chi connectivity index (χ0) is 18.1. The van der Waals surface area contributed by atoms with Crippen molar-refractivity contribution in [2.75, 3.05) is 24.5 Å². The van der Waals surface area contributed by atoms with E-state index in [-0.39, 0.29) is 12.0 Å². The summed E-state index contributed by atoms with van der Waals surface area (Å²) in [5.41, 5.74) is 2.34. The Morgan fingerprint density at radius 3 is 3.04 bits per heavy atom. The lowest BCUT2D eigenvalue weighted by Gasteiger charge is -2.16. The molecule has 1 aliphatic heterocycles. The van der Waals surface area contributed by atoms with E-state index in [4.69, 9.17) is 0 Å². The second kappa shape index (κ2) is 6.80. The molecule has 8 heteroatoms. The van der Waals surface area contributed by atoms with E-state index in [9.17, 15) is 9.90 Å². The van der Waals surface area contributed by atoms with Gasteiger partial charge in [0, 0.05) is 44.6 Å². The number of benzene rings is 1. The molecule has 1 saturated heterocycles. The van der Waals surface area contributed by atoms with E-state index in [1.165, 1.54) is 0 Å². The molecule has 2 aromatic heterocycles. The van der Waals surface area contributed by atoms with Crippen molar-refractivity contribution in [3.8, 4) is 0 Å². The lowest BCUT2D eigenvalue weighted by molar-refractivity contribution is 0.0952. The smallest absolute Gasteiger partial charge is 0.251 e. The van der Waals surface area contributed by atoms with Crippen LogP contribution in [0.3, 0.4) is 0 Å². The molecular formula is C18H22N6O2. The van der Waals surface area contributed by atoms with Crippen LogP contribution in [0.4, 0.5) is 5.95 Å². The second-order valence-corrected chi connectivity index (χ2v) is 6.59. The molecule has 1 fully saturated rings. The number of carbonyl (C=O) groups excluding carboxylic acids is 1. The molecule has 136 valence electrons. The first-order valence-corrected chi connectivity index (χ1v) is 8.77. The largest absolute Gasteiger partial charge is 0.391 e. The van der Waals surface area contributed by atoms with Crippen molar-refractivity contribution in [2.24, 2.45) is 7.05 Å². The zero-order valence-electron chi connectivity index (χ0n) is 14.7. The highest BCUT2D eigenvalue weighted by atomic mass is 16.3. The summed E-state index contributed by atoms with van der Waals surface area (Å²) in [7, 11) is 1.96. The molecule has 3 aromatic rings. The number of carbonyl (C=O) groups is 1. The number of amides is 1. The van der Waals surface area contributed by atoms with Gasteiger partial charge in [-0.15, -0.1) is 0 Å². The average molecular weight is 354 g/mol. The van der Waals surface area contributed by atoms with Crippen LogP contribution >= 0.6 is 0 Å². The summed E-state index contributed by atoms with van der Waals surface area (Å²) in [4.78, 5) is 19.1. The number of β-amino-alcohol motifs (C(OH)–C–C–N with tert-alkyl or cyclic N) is 1. The lowest BCUT2D eigenvalue weighted by atomic mass is 10.2. The average Bonchev–Trinajstić information content (AvgIpc) is 3.36. The van der Waals surface area contributed by atoms with Gasteiger partial charge < -0.3 is 19.9 Å². The van der Waals surface area contributed by atoms with E-state index in [0.717, 1.165) is 29.9 Å². The predicted molar refractivity (Wildman–Crippen MR) is 98.1 cm³/mol. The van der Waals surface area contributed by atoms with Crippen molar-refractivity contribution in [1.82, 2.24) is 24.6 Å². The fourth-order valence-electron chi connectivity index (χ4n) is 3.35. The highest BCUT2D eigenvalue weighted by molar-refractivity contribution is 5.97. The molecule has 26 heavy (non-hydrogen) atoms. The number of hydrogen-bond donors (Lipinski definition) is 2. The molecule has 1 aromatic carbocycles. The summed E-state index contributed by atoms with van der Waals surface area (Å²) < 4.78 is 3.78. The van der Waals surface area contributed by atoms with E-state index in [2.05, 4.69) is 20.3 Å². The summed E-state index contributed by atoms with van der Waals surface area (Å²) in [5.74, 6) is 0.704. The van der Waals surface area contributed by atoms with Crippen LogP contribution in [0.25, 0.3) is 11.0 Å². The lowest BCUT2D eigenvalue weighted by Crippen LogP contribution is -2.27. The Morgan fingerprint density at radius 2 is 2.31 bits per heavy atom. The van der Waals surface area contributed by atoms with Crippen molar-refractivity contribution >= 4 is 22.9 Å². The van der Waals surface area contributed by atoms with Gasteiger partial charge in [0.1, 0.15) is 0 Å². The number of aliphatic hydroxyl groups excluding tert-OH is 1. The van der Waals surface area contributed by atoms with Gasteiger partial charge in [-0.25, -0.2) is 4.98 Å². The third kappa shape index (κ3) is 3.15. The summed E-state index contributed by atoms with van der Waals surface area (Å²) in [6, 6.07) is 7.40. The number of anilines is 1. The molecule has 1 amide bonds. The van der Waals surface area contributed by atoms with Crippen LogP contribution in [0.15, 0.2) is 36.7 Å². The van der Waals surface area contributed by atoms with Crippen LogP contribution in [0, 0.1) is 0 Å². The topological polar surface area (TPSA) is 88.2 Å². The van der Waals surface area contributed by atoms with Crippen LogP contribution in [-0.4, -0.2) is 56.1 Å². The number of nitrogens with zero attached hydrogens (tertiary/aromatic N) is 5. The van der Waals surface area contributed by atoms with Gasteiger partial charge in [-0.2, -0.15) is 5.10 Å². The Balaban J connectivity index is 1.49. The Kier molecular flexibility index (Phi) is 4.34. The van der Waals surface area contributed by atoms with Crippen molar-refractivity contribution in [3.05, 3.63) is 42.2 Å². The van der Waals surface area contributed by atoms with Crippen molar-refractivity contribution in [2.45, 2.75) is 19.1 Å². The summed E-state index contributed by atoms with van der Waals surface area (Å²) in [6.07, 6.45) is 4.04. The van der Waals surface area contributed by atoms with E-state index in [1.807, 2.05) is 42.1 Å². The molecule has 4 rings (SSSR count). The Hall–Kier alpha value is -2.87. The molecule has 0 saturated carbocycles. The fraction of sp³-hybridized carbons (Fsp3) is 0.389. The standard InChI is InChI=1S/C18H22N6O2/c1-22-16-4-3-13(17(26)19-7-10-24-8-2-6-20-24)11-15(16)21-18(22)23-9-5-14(25)12-23/h2-4,6,8,11,14,25H,5,7,9-10,12H2,1H3,(H,19,26)/t14-/m0/s1. The number of fused-ring (bicyclic) bond motifs is 1. The molecule has 0 bridgehead atoms. The maximum atomic E-state index is 12.4. The minimum atomic E-state index is -0.300. The molecule has 0 spiro atoms. The summed E-state index contributed by atoms with van der Waals surface area (Å²) >= 11 is 0. The van der Waals surface area contributed by atoms with Crippen molar-refractivity contribution in [3.63, 3.8) is 0 Å². The molecule has 1 atom stereocenters. The van der Waals surface area contributed by atoms with Gasteiger partial charge in [0.05, 0.1) is 23.7 Å². The first-order chi connectivity index (χ1) is 12.6. The molecule has 8 nitrogen and oxygen atoms in total. The highest BCUT2D eigenvalue weighted by Gasteiger charge is 2.24. The van der Waals surface area contributed by atoms with Gasteiger partial charge in [-0.05, 0) is 30.7 Å². The monoisotopic (exact) mass is 354 g/mol. The second-order valence-electron chi connectivity index (χ2n) is 6.59. The van der Waals surface area contributed by atoms with E-state index >= 15 is 0 Å². The number of rotatable bonds is 5. The molecule has 0 radical (unpaired) electrons. The van der Waals surface area contributed by atoms with E-state index < -0.39 is 0 Å². The van der Waals surface area contributed by atoms with Crippen LogP contribution in [0.2, 0.25) is 0 Å². The molecule has 0 aliphatic carbocycles. The van der Waals surface area contributed by atoms with Gasteiger partial charge in [0.2, 0.25) is 5.95 Å². The maximum absolute atomic E-state index is 12.4. The Labute approximate surface area is 151 Å². The van der Waals surface area contributed by atoms with E-state index in [0.29, 0.717) is 25.2 Å². The van der Waals surface area contributed by atoms with Crippen LogP contribution in [0.5, 0.6) is 0 Å². The Bertz CT molecular complexity index is 917. The molecule has 2 N–H and O–H groups in total. The quantitative estimate of drug-likeness (QED) is 0.707.